The first kappa shape index (κ1) is 19.2. The van der Waals surface area contributed by atoms with E-state index in [1.54, 1.807) is 14.0 Å². The number of carbonyl (C=O) groups is 1. The molecule has 2 aromatic heterocycles. The van der Waals surface area contributed by atoms with Gasteiger partial charge in [0.25, 0.3) is 5.56 Å². The highest BCUT2D eigenvalue weighted by Gasteiger charge is 2.37. The number of fused-ring (bicyclic) bond motifs is 1. The first-order valence-corrected chi connectivity index (χ1v) is 9.60. The van der Waals surface area contributed by atoms with Crippen LogP contribution < -0.4 is 16.6 Å². The predicted octanol–water partition coefficient (Wildman–Crippen LogP) is 2.18. The second-order valence-corrected chi connectivity index (χ2v) is 8.05. The van der Waals surface area contributed by atoms with Crippen molar-refractivity contribution in [3.8, 4) is 0 Å². The Bertz CT molecular complexity index is 1030. The zero-order valence-electron chi connectivity index (χ0n) is 16.0. The minimum absolute atomic E-state index is 0.201. The van der Waals surface area contributed by atoms with Gasteiger partial charge in [-0.15, -0.1) is 11.3 Å². The zero-order chi connectivity index (χ0) is 19.9. The molecule has 144 valence electrons. The lowest BCUT2D eigenvalue weighted by Gasteiger charge is -2.30. The first-order chi connectivity index (χ1) is 12.7. The Morgan fingerprint density at radius 3 is 2.59 bits per heavy atom. The van der Waals surface area contributed by atoms with Gasteiger partial charge in [0.1, 0.15) is 5.82 Å². The van der Waals surface area contributed by atoms with E-state index in [0.717, 1.165) is 9.44 Å². The van der Waals surface area contributed by atoms with E-state index in [1.807, 2.05) is 31.4 Å². The summed E-state index contributed by atoms with van der Waals surface area (Å²) < 4.78 is 7.94. The van der Waals surface area contributed by atoms with Crippen LogP contribution in [0.15, 0.2) is 38.4 Å². The molecule has 0 aliphatic carbocycles. The van der Waals surface area contributed by atoms with Crippen molar-refractivity contribution in [3.63, 3.8) is 0 Å². The molecule has 0 amide bonds. The molecule has 0 aromatic carbocycles. The standard InChI is InChI=1S/C19H23N3O4S/c1-10(2)9-26-18(24)13-11(3)20-16-15(14(13)12-7-6-8-27-12)17(23)22(5)19(25)21(16)4/h6-8,10,14,20H,9H2,1-5H3/t14-/m1/s1. The number of rotatable bonds is 4. The summed E-state index contributed by atoms with van der Waals surface area (Å²) in [6.45, 7) is 5.98. The summed E-state index contributed by atoms with van der Waals surface area (Å²) in [4.78, 5) is 39.0. The van der Waals surface area contributed by atoms with E-state index in [0.29, 0.717) is 29.3 Å². The Labute approximate surface area is 160 Å². The molecule has 2 aromatic rings. The summed E-state index contributed by atoms with van der Waals surface area (Å²) in [7, 11) is 3.05. The van der Waals surface area contributed by atoms with E-state index in [4.69, 9.17) is 4.74 Å². The monoisotopic (exact) mass is 389 g/mol. The Kier molecular flexibility index (Phi) is 5.10. The lowest BCUT2D eigenvalue weighted by Crippen LogP contribution is -2.43. The first-order valence-electron chi connectivity index (χ1n) is 8.72. The fourth-order valence-corrected chi connectivity index (χ4v) is 4.06. The highest BCUT2D eigenvalue weighted by molar-refractivity contribution is 7.10. The second kappa shape index (κ2) is 7.19. The van der Waals surface area contributed by atoms with Crippen molar-refractivity contribution >= 4 is 23.1 Å². The van der Waals surface area contributed by atoms with Crippen LogP contribution in [0, 0.1) is 5.92 Å². The molecule has 3 heterocycles. The molecule has 8 heteroatoms. The van der Waals surface area contributed by atoms with Gasteiger partial charge in [-0.25, -0.2) is 9.59 Å². The molecule has 7 nitrogen and oxygen atoms in total. The summed E-state index contributed by atoms with van der Waals surface area (Å²) in [6.07, 6.45) is 0. The Morgan fingerprint density at radius 2 is 2.00 bits per heavy atom. The van der Waals surface area contributed by atoms with Crippen LogP contribution in [-0.2, 0) is 23.6 Å². The number of allylic oxidation sites excluding steroid dienone is 1. The van der Waals surface area contributed by atoms with Crippen LogP contribution in [0.5, 0.6) is 0 Å². The highest BCUT2D eigenvalue weighted by atomic mass is 32.1. The van der Waals surface area contributed by atoms with Crippen molar-refractivity contribution in [2.45, 2.75) is 26.7 Å². The van der Waals surface area contributed by atoms with Crippen LogP contribution >= 0.6 is 11.3 Å². The fourth-order valence-electron chi connectivity index (χ4n) is 3.22. The fraction of sp³-hybridized carbons (Fsp3) is 0.421. The average Bonchev–Trinajstić information content (AvgIpc) is 3.16. The molecule has 1 N–H and O–H groups in total. The minimum Gasteiger partial charge on any atom is -0.462 e. The summed E-state index contributed by atoms with van der Waals surface area (Å²) in [5.41, 5.74) is 0.527. The lowest BCUT2D eigenvalue weighted by atomic mass is 9.86. The Morgan fingerprint density at radius 1 is 1.30 bits per heavy atom. The largest absolute Gasteiger partial charge is 0.462 e. The maximum atomic E-state index is 13.0. The number of nitrogens with one attached hydrogen (secondary N) is 1. The van der Waals surface area contributed by atoms with Crippen molar-refractivity contribution in [2.24, 2.45) is 20.0 Å². The van der Waals surface area contributed by atoms with Crippen LogP contribution in [0.4, 0.5) is 5.82 Å². The van der Waals surface area contributed by atoms with Gasteiger partial charge in [0.2, 0.25) is 0 Å². The number of thiophene rings is 1. The Balaban J connectivity index is 2.25. The lowest BCUT2D eigenvalue weighted by molar-refractivity contribution is -0.140. The Hall–Kier alpha value is -2.61. The smallest absolute Gasteiger partial charge is 0.336 e. The topological polar surface area (TPSA) is 82.3 Å². The predicted molar refractivity (Wildman–Crippen MR) is 105 cm³/mol. The number of hydrogen-bond acceptors (Lipinski definition) is 6. The molecule has 0 spiro atoms. The normalized spacial score (nSPS) is 16.3. The summed E-state index contributed by atoms with van der Waals surface area (Å²) in [5.74, 6) is -0.410. The molecule has 0 unspecified atom stereocenters. The van der Waals surface area contributed by atoms with E-state index in [2.05, 4.69) is 5.32 Å². The maximum Gasteiger partial charge on any atom is 0.336 e. The molecule has 27 heavy (non-hydrogen) atoms. The number of anilines is 1. The molecule has 0 bridgehead atoms. The van der Waals surface area contributed by atoms with E-state index >= 15 is 0 Å². The van der Waals surface area contributed by atoms with E-state index in [9.17, 15) is 14.4 Å². The third-order valence-electron chi connectivity index (χ3n) is 4.58. The van der Waals surface area contributed by atoms with Gasteiger partial charge in [-0.1, -0.05) is 19.9 Å². The summed E-state index contributed by atoms with van der Waals surface area (Å²) >= 11 is 1.46. The van der Waals surface area contributed by atoms with Crippen LogP contribution in [0.1, 0.15) is 37.1 Å². The van der Waals surface area contributed by atoms with Crippen LogP contribution in [0.3, 0.4) is 0 Å². The molecule has 0 radical (unpaired) electrons. The highest BCUT2D eigenvalue weighted by Crippen LogP contribution is 2.41. The molecule has 0 saturated heterocycles. The van der Waals surface area contributed by atoms with Gasteiger partial charge in [0.15, 0.2) is 0 Å². The van der Waals surface area contributed by atoms with Gasteiger partial charge < -0.3 is 10.1 Å². The maximum absolute atomic E-state index is 13.0. The molecule has 3 rings (SSSR count). The van der Waals surface area contributed by atoms with Crippen molar-refractivity contribution in [3.05, 3.63) is 60.1 Å². The van der Waals surface area contributed by atoms with E-state index in [-0.39, 0.29) is 5.92 Å². The molecule has 1 aliphatic rings. The minimum atomic E-state index is -0.577. The van der Waals surface area contributed by atoms with Gasteiger partial charge in [0.05, 0.1) is 23.7 Å². The van der Waals surface area contributed by atoms with Gasteiger partial charge in [0, 0.05) is 24.7 Å². The van der Waals surface area contributed by atoms with Crippen molar-refractivity contribution in [1.29, 1.82) is 0 Å². The van der Waals surface area contributed by atoms with E-state index in [1.165, 1.54) is 23.0 Å². The van der Waals surface area contributed by atoms with Gasteiger partial charge in [-0.3, -0.25) is 13.9 Å². The van der Waals surface area contributed by atoms with Crippen LogP contribution in [0.25, 0.3) is 0 Å². The second-order valence-electron chi connectivity index (χ2n) is 7.07. The number of carbonyl (C=O) groups excluding carboxylic acids is 1. The molecule has 0 fully saturated rings. The van der Waals surface area contributed by atoms with E-state index < -0.39 is 23.1 Å². The number of aromatic nitrogens is 2. The SMILES string of the molecule is CC1=C(C(=O)OCC(C)C)[C@@H](c2cccs2)c2c(n(C)c(=O)n(C)c2=O)N1. The third kappa shape index (κ3) is 3.25. The summed E-state index contributed by atoms with van der Waals surface area (Å²) in [5, 5.41) is 4.98. The third-order valence-corrected chi connectivity index (χ3v) is 5.52. The number of esters is 1. The van der Waals surface area contributed by atoms with Gasteiger partial charge >= 0.3 is 11.7 Å². The molecule has 0 saturated carbocycles. The summed E-state index contributed by atoms with van der Waals surface area (Å²) in [6, 6.07) is 3.76. The number of ether oxygens (including phenoxy) is 1. The quantitative estimate of drug-likeness (QED) is 0.811. The number of hydrogen-bond donors (Lipinski definition) is 1. The molecule has 1 atom stereocenters. The van der Waals surface area contributed by atoms with Crippen molar-refractivity contribution in [1.82, 2.24) is 9.13 Å². The van der Waals surface area contributed by atoms with Crippen molar-refractivity contribution in [2.75, 3.05) is 11.9 Å². The molecular formula is C19H23N3O4S. The van der Waals surface area contributed by atoms with Crippen LogP contribution in [0.2, 0.25) is 0 Å². The van der Waals surface area contributed by atoms with Crippen LogP contribution in [-0.4, -0.2) is 21.7 Å². The van der Waals surface area contributed by atoms with Crippen molar-refractivity contribution < 1.29 is 9.53 Å². The zero-order valence-corrected chi connectivity index (χ0v) is 16.8. The number of nitrogens with zero attached hydrogens (tertiary/aromatic N) is 2. The average molecular weight is 389 g/mol. The molecule has 1 aliphatic heterocycles. The van der Waals surface area contributed by atoms with Gasteiger partial charge in [-0.05, 0) is 24.3 Å². The van der Waals surface area contributed by atoms with Gasteiger partial charge in [-0.2, -0.15) is 0 Å². The molecular weight excluding hydrogens is 366 g/mol.